The van der Waals surface area contributed by atoms with Crippen LogP contribution in [0.3, 0.4) is 0 Å². The number of rotatable bonds is 6. The van der Waals surface area contributed by atoms with Gasteiger partial charge in [-0.2, -0.15) is 0 Å². The van der Waals surface area contributed by atoms with Crippen LogP contribution in [0.25, 0.3) is 0 Å². The molecule has 1 aliphatic carbocycles. The van der Waals surface area contributed by atoms with E-state index in [2.05, 4.69) is 141 Å². The topological polar surface area (TPSA) is 32.3 Å². The quantitative estimate of drug-likeness (QED) is 0.263. The maximum atomic E-state index is 4.51. The van der Waals surface area contributed by atoms with Gasteiger partial charge in [-0.1, -0.05) is 117 Å². The molecule has 6 rings (SSSR count). The number of hydrogen-bond donors (Lipinski definition) is 0. The number of anilines is 2. The standard InChI is InChI=1S/C34H38N4S3/c1-33(2)24-12-8-10-14-26(24)37(5)28(33)20-18-22-16-17-23(30(22)40-32-36-35-31(39-7)41-32)19-21-29-34(3,4)25-13-9-11-15-27(25)38(29)6/h8-15,18-21,28H,16-17H2,1-7H3/b20-18+,23-19+,29-21+. The second-order valence-corrected chi connectivity index (χ2v) is 15.4. The van der Waals surface area contributed by atoms with Crippen molar-refractivity contribution in [1.29, 1.82) is 0 Å². The van der Waals surface area contributed by atoms with Gasteiger partial charge in [0.15, 0.2) is 8.68 Å². The van der Waals surface area contributed by atoms with E-state index in [1.54, 1.807) is 34.9 Å². The van der Waals surface area contributed by atoms with E-state index >= 15 is 0 Å². The zero-order valence-electron chi connectivity index (χ0n) is 24.9. The maximum Gasteiger partial charge on any atom is 0.179 e. The fourth-order valence-electron chi connectivity index (χ4n) is 6.74. The molecule has 41 heavy (non-hydrogen) atoms. The number of para-hydroxylation sites is 2. The normalized spacial score (nSPS) is 23.0. The molecule has 0 spiro atoms. The van der Waals surface area contributed by atoms with E-state index < -0.39 is 0 Å². The van der Waals surface area contributed by atoms with E-state index in [1.807, 2.05) is 0 Å². The highest BCUT2D eigenvalue weighted by molar-refractivity contribution is 8.05. The van der Waals surface area contributed by atoms with Crippen LogP contribution in [0, 0.1) is 0 Å². The predicted molar refractivity (Wildman–Crippen MR) is 179 cm³/mol. The first kappa shape index (κ1) is 28.4. The Morgan fingerprint density at radius 3 is 2.24 bits per heavy atom. The van der Waals surface area contributed by atoms with Crippen LogP contribution in [-0.4, -0.2) is 36.6 Å². The molecule has 0 saturated carbocycles. The van der Waals surface area contributed by atoms with E-state index in [4.69, 9.17) is 0 Å². The molecule has 0 bridgehead atoms. The van der Waals surface area contributed by atoms with Crippen LogP contribution in [-0.2, 0) is 10.8 Å². The van der Waals surface area contributed by atoms with Crippen LogP contribution in [0.2, 0.25) is 0 Å². The molecule has 1 unspecified atom stereocenters. The van der Waals surface area contributed by atoms with Gasteiger partial charge in [0.1, 0.15) is 0 Å². The van der Waals surface area contributed by atoms with E-state index in [1.165, 1.54) is 44.3 Å². The largest absolute Gasteiger partial charge is 0.367 e. The van der Waals surface area contributed by atoms with Crippen molar-refractivity contribution >= 4 is 46.2 Å². The highest BCUT2D eigenvalue weighted by Crippen LogP contribution is 2.49. The molecule has 7 heteroatoms. The second kappa shape index (κ2) is 10.8. The van der Waals surface area contributed by atoms with Gasteiger partial charge in [0.05, 0.1) is 6.04 Å². The summed E-state index contributed by atoms with van der Waals surface area (Å²) in [5.74, 6) is 0. The summed E-state index contributed by atoms with van der Waals surface area (Å²) >= 11 is 5.12. The van der Waals surface area contributed by atoms with Crippen molar-refractivity contribution in [1.82, 2.24) is 10.2 Å². The van der Waals surface area contributed by atoms with Crippen molar-refractivity contribution in [2.45, 2.75) is 66.1 Å². The number of thioether (sulfide) groups is 2. The Kier molecular flexibility index (Phi) is 7.50. The SMILES string of the molecule is CSc1nnc(SC2=C(/C=C/C3N(C)c4ccccc4C3(C)C)CC/C2=C\C=C2\N(C)c3ccccc3C2(C)C)s1. The molecule has 1 aromatic heterocycles. The molecule has 0 amide bonds. The number of fused-ring (bicyclic) bond motifs is 2. The molecule has 0 radical (unpaired) electrons. The molecular formula is C34H38N4S3. The molecular weight excluding hydrogens is 561 g/mol. The fraction of sp³-hybridized carbons (Fsp3) is 0.353. The van der Waals surface area contributed by atoms with Gasteiger partial charge >= 0.3 is 0 Å². The summed E-state index contributed by atoms with van der Waals surface area (Å²) in [6.07, 6.45) is 13.6. The number of benzene rings is 2. The fourth-order valence-corrected chi connectivity index (χ4v) is 9.41. The molecule has 3 aliphatic rings. The van der Waals surface area contributed by atoms with Crippen molar-refractivity contribution in [3.63, 3.8) is 0 Å². The van der Waals surface area contributed by atoms with Gasteiger partial charge in [0.2, 0.25) is 0 Å². The third-order valence-electron chi connectivity index (χ3n) is 9.00. The molecule has 0 N–H and O–H groups in total. The van der Waals surface area contributed by atoms with Crippen molar-refractivity contribution in [2.24, 2.45) is 0 Å². The molecule has 0 fully saturated rings. The zero-order chi connectivity index (χ0) is 28.9. The predicted octanol–water partition coefficient (Wildman–Crippen LogP) is 8.99. The summed E-state index contributed by atoms with van der Waals surface area (Å²) in [7, 11) is 4.41. The Morgan fingerprint density at radius 1 is 0.878 bits per heavy atom. The average molecular weight is 599 g/mol. The van der Waals surface area contributed by atoms with Crippen LogP contribution in [0.5, 0.6) is 0 Å². The van der Waals surface area contributed by atoms with Gasteiger partial charge in [-0.05, 0) is 59.6 Å². The number of hydrogen-bond acceptors (Lipinski definition) is 7. The molecule has 3 aromatic rings. The summed E-state index contributed by atoms with van der Waals surface area (Å²) < 4.78 is 2.02. The Morgan fingerprint density at radius 2 is 1.56 bits per heavy atom. The minimum Gasteiger partial charge on any atom is -0.367 e. The van der Waals surface area contributed by atoms with E-state index in [0.29, 0.717) is 6.04 Å². The third kappa shape index (κ3) is 4.90. The second-order valence-electron chi connectivity index (χ2n) is 12.1. The first-order valence-electron chi connectivity index (χ1n) is 14.2. The molecule has 4 nitrogen and oxygen atoms in total. The Labute approximate surface area is 257 Å². The lowest BCUT2D eigenvalue weighted by molar-refractivity contribution is 0.487. The first-order chi connectivity index (χ1) is 19.6. The number of nitrogens with zero attached hydrogens (tertiary/aromatic N) is 4. The number of aromatic nitrogens is 2. The monoisotopic (exact) mass is 598 g/mol. The van der Waals surface area contributed by atoms with Crippen LogP contribution in [0.4, 0.5) is 11.4 Å². The minimum absolute atomic E-state index is 0.0392. The zero-order valence-corrected chi connectivity index (χ0v) is 27.4. The first-order valence-corrected chi connectivity index (χ1v) is 17.0. The van der Waals surface area contributed by atoms with Gasteiger partial charge < -0.3 is 9.80 Å². The lowest BCUT2D eigenvalue weighted by Gasteiger charge is -2.29. The van der Waals surface area contributed by atoms with E-state index in [0.717, 1.165) is 21.5 Å². The molecule has 2 aromatic carbocycles. The van der Waals surface area contributed by atoms with Gasteiger partial charge in [-0.3, -0.25) is 0 Å². The van der Waals surface area contributed by atoms with Gasteiger partial charge in [-0.25, -0.2) is 0 Å². The lowest BCUT2D eigenvalue weighted by atomic mass is 9.80. The van der Waals surface area contributed by atoms with Crippen molar-refractivity contribution in [3.05, 3.63) is 106 Å². The lowest BCUT2D eigenvalue weighted by Crippen LogP contribution is -2.37. The minimum atomic E-state index is -0.0408. The van der Waals surface area contributed by atoms with Crippen molar-refractivity contribution in [3.8, 4) is 0 Å². The third-order valence-corrected chi connectivity index (χ3v) is 12.2. The van der Waals surface area contributed by atoms with Gasteiger partial charge in [0.25, 0.3) is 0 Å². The molecule has 2 aliphatic heterocycles. The maximum absolute atomic E-state index is 4.51. The van der Waals surface area contributed by atoms with Crippen LogP contribution in [0.15, 0.2) is 103 Å². The van der Waals surface area contributed by atoms with E-state index in [9.17, 15) is 0 Å². The Balaban J connectivity index is 1.36. The summed E-state index contributed by atoms with van der Waals surface area (Å²) in [5, 5.41) is 8.89. The summed E-state index contributed by atoms with van der Waals surface area (Å²) in [5.41, 5.74) is 9.53. The molecule has 212 valence electrons. The smallest absolute Gasteiger partial charge is 0.179 e. The molecule has 3 heterocycles. The van der Waals surface area contributed by atoms with Crippen LogP contribution >= 0.6 is 34.9 Å². The highest BCUT2D eigenvalue weighted by Gasteiger charge is 2.41. The summed E-state index contributed by atoms with van der Waals surface area (Å²) in [6.45, 7) is 9.39. The molecule has 0 saturated heterocycles. The number of likely N-dealkylation sites (N-methyl/N-ethyl adjacent to an activating group) is 2. The van der Waals surface area contributed by atoms with Crippen molar-refractivity contribution < 1.29 is 0 Å². The van der Waals surface area contributed by atoms with Crippen LogP contribution in [0.1, 0.15) is 51.7 Å². The highest BCUT2D eigenvalue weighted by atomic mass is 32.2. The number of allylic oxidation sites excluding steroid dienone is 6. The average Bonchev–Trinajstić information content (AvgIpc) is 3.67. The summed E-state index contributed by atoms with van der Waals surface area (Å²) in [6, 6.07) is 17.9. The van der Waals surface area contributed by atoms with Crippen LogP contribution < -0.4 is 9.80 Å². The van der Waals surface area contributed by atoms with Gasteiger partial charge in [0, 0.05) is 46.9 Å². The summed E-state index contributed by atoms with van der Waals surface area (Å²) in [4.78, 5) is 6.11. The Hall–Kier alpha value is -2.74. The van der Waals surface area contributed by atoms with E-state index in [-0.39, 0.29) is 10.8 Å². The molecule has 1 atom stereocenters. The van der Waals surface area contributed by atoms with Gasteiger partial charge in [-0.15, -0.1) is 10.2 Å². The van der Waals surface area contributed by atoms with Crippen molar-refractivity contribution in [2.75, 3.05) is 30.2 Å². The Bertz CT molecular complexity index is 1610.